The van der Waals surface area contributed by atoms with Crippen molar-refractivity contribution in [3.63, 3.8) is 0 Å². The first-order valence-corrected chi connectivity index (χ1v) is 5.39. The Balaban J connectivity index is 2.57. The van der Waals surface area contributed by atoms with Crippen LogP contribution in [0.5, 0.6) is 0 Å². The van der Waals surface area contributed by atoms with Crippen LogP contribution in [0.3, 0.4) is 0 Å². The van der Waals surface area contributed by atoms with Crippen molar-refractivity contribution >= 4 is 23.2 Å². The molecule has 0 N–H and O–H groups in total. The molecule has 2 rings (SSSR count). The molecule has 0 bridgehead atoms. The van der Waals surface area contributed by atoms with E-state index >= 15 is 0 Å². The van der Waals surface area contributed by atoms with E-state index in [1.807, 2.05) is 0 Å². The fraction of sp³-hybridized carbons (Fsp3) is 0.0909. The maximum absolute atomic E-state index is 13.0. The first kappa shape index (κ1) is 12.2. The summed E-state index contributed by atoms with van der Waals surface area (Å²) >= 11 is 11.7. The molecule has 0 fully saturated rings. The van der Waals surface area contributed by atoms with Crippen LogP contribution in [0.2, 0.25) is 10.3 Å². The van der Waals surface area contributed by atoms with Crippen molar-refractivity contribution in [2.45, 2.75) is 6.92 Å². The van der Waals surface area contributed by atoms with Crippen LogP contribution in [-0.2, 0) is 0 Å². The van der Waals surface area contributed by atoms with Gasteiger partial charge in [-0.1, -0.05) is 23.2 Å². The van der Waals surface area contributed by atoms with E-state index in [9.17, 15) is 8.78 Å². The average Bonchev–Trinajstić information content (AvgIpc) is 2.29. The monoisotopic (exact) mass is 274 g/mol. The SMILES string of the molecule is Cc1c(Cl)nc(-c2ccc(F)c(F)c2)nc1Cl. The van der Waals surface area contributed by atoms with E-state index in [1.54, 1.807) is 6.92 Å². The molecule has 88 valence electrons. The molecular formula is C11H6Cl2F2N2. The van der Waals surface area contributed by atoms with Gasteiger partial charge in [-0.3, -0.25) is 0 Å². The van der Waals surface area contributed by atoms with Gasteiger partial charge in [0.05, 0.1) is 0 Å². The summed E-state index contributed by atoms with van der Waals surface area (Å²) in [6.45, 7) is 1.67. The molecule has 0 radical (unpaired) electrons. The van der Waals surface area contributed by atoms with E-state index in [1.165, 1.54) is 6.07 Å². The second-order valence-corrected chi connectivity index (χ2v) is 4.10. The number of benzene rings is 1. The van der Waals surface area contributed by atoms with Gasteiger partial charge >= 0.3 is 0 Å². The molecule has 1 heterocycles. The van der Waals surface area contributed by atoms with Crippen molar-refractivity contribution in [2.75, 3.05) is 0 Å². The van der Waals surface area contributed by atoms with Gasteiger partial charge in [-0.2, -0.15) is 0 Å². The lowest BCUT2D eigenvalue weighted by molar-refractivity contribution is 0.509. The van der Waals surface area contributed by atoms with Gasteiger partial charge in [0.1, 0.15) is 10.3 Å². The molecule has 17 heavy (non-hydrogen) atoms. The summed E-state index contributed by atoms with van der Waals surface area (Å²) in [6.07, 6.45) is 0. The molecule has 1 aromatic carbocycles. The standard InChI is InChI=1S/C11H6Cl2F2N2/c1-5-9(12)16-11(17-10(5)13)6-2-3-7(14)8(15)4-6/h2-4H,1H3. The van der Waals surface area contributed by atoms with E-state index in [0.29, 0.717) is 11.1 Å². The van der Waals surface area contributed by atoms with Gasteiger partial charge in [0.15, 0.2) is 17.5 Å². The van der Waals surface area contributed by atoms with Gasteiger partial charge < -0.3 is 0 Å². The summed E-state index contributed by atoms with van der Waals surface area (Å²) in [6, 6.07) is 3.35. The lowest BCUT2D eigenvalue weighted by Crippen LogP contribution is -1.95. The van der Waals surface area contributed by atoms with Crippen LogP contribution in [0, 0.1) is 18.6 Å². The minimum absolute atomic E-state index is 0.157. The maximum atomic E-state index is 13.0. The van der Waals surface area contributed by atoms with Crippen LogP contribution in [0.4, 0.5) is 8.78 Å². The number of nitrogens with zero attached hydrogens (tertiary/aromatic N) is 2. The highest BCUT2D eigenvalue weighted by molar-refractivity contribution is 6.34. The zero-order chi connectivity index (χ0) is 12.6. The Morgan fingerprint density at radius 3 is 2.12 bits per heavy atom. The number of halogens is 4. The van der Waals surface area contributed by atoms with Crippen molar-refractivity contribution in [1.82, 2.24) is 9.97 Å². The molecule has 2 aromatic rings. The molecule has 0 amide bonds. The molecule has 0 aliphatic carbocycles. The van der Waals surface area contributed by atoms with E-state index < -0.39 is 11.6 Å². The number of rotatable bonds is 1. The van der Waals surface area contributed by atoms with Crippen LogP contribution >= 0.6 is 23.2 Å². The topological polar surface area (TPSA) is 25.8 Å². The van der Waals surface area contributed by atoms with Crippen molar-refractivity contribution in [2.24, 2.45) is 0 Å². The van der Waals surface area contributed by atoms with Crippen molar-refractivity contribution in [1.29, 1.82) is 0 Å². The van der Waals surface area contributed by atoms with Crippen molar-refractivity contribution < 1.29 is 8.78 Å². The Kier molecular flexibility index (Phi) is 3.26. The molecular weight excluding hydrogens is 269 g/mol. The van der Waals surface area contributed by atoms with E-state index in [4.69, 9.17) is 23.2 Å². The van der Waals surface area contributed by atoms with E-state index in [0.717, 1.165) is 12.1 Å². The van der Waals surface area contributed by atoms with Crippen LogP contribution in [-0.4, -0.2) is 9.97 Å². The van der Waals surface area contributed by atoms with Gasteiger partial charge in [-0.05, 0) is 25.1 Å². The second-order valence-electron chi connectivity index (χ2n) is 3.38. The van der Waals surface area contributed by atoms with Gasteiger partial charge in [-0.15, -0.1) is 0 Å². The third-order valence-electron chi connectivity index (χ3n) is 2.20. The van der Waals surface area contributed by atoms with Gasteiger partial charge in [-0.25, -0.2) is 18.7 Å². The minimum Gasteiger partial charge on any atom is -0.216 e. The summed E-state index contributed by atoms with van der Waals surface area (Å²) < 4.78 is 25.8. The largest absolute Gasteiger partial charge is 0.216 e. The Labute approximate surface area is 106 Å². The zero-order valence-electron chi connectivity index (χ0n) is 8.64. The summed E-state index contributed by atoms with van der Waals surface area (Å²) in [4.78, 5) is 7.91. The van der Waals surface area contributed by atoms with Crippen LogP contribution < -0.4 is 0 Å². The molecule has 0 aliphatic heterocycles. The Hall–Kier alpha value is -1.26. The molecule has 6 heteroatoms. The third-order valence-corrected chi connectivity index (χ3v) is 2.94. The highest BCUT2D eigenvalue weighted by Gasteiger charge is 2.11. The first-order chi connectivity index (χ1) is 7.99. The van der Waals surface area contributed by atoms with Gasteiger partial charge in [0.25, 0.3) is 0 Å². The highest BCUT2D eigenvalue weighted by atomic mass is 35.5. The summed E-state index contributed by atoms with van der Waals surface area (Å²) in [5, 5.41) is 0.370. The summed E-state index contributed by atoms with van der Waals surface area (Å²) in [7, 11) is 0. The number of hydrogen-bond donors (Lipinski definition) is 0. The van der Waals surface area contributed by atoms with Crippen LogP contribution in [0.1, 0.15) is 5.56 Å². The summed E-state index contributed by atoms with van der Waals surface area (Å²) in [5.41, 5.74) is 0.854. The Bertz CT molecular complexity index is 565. The lowest BCUT2D eigenvalue weighted by atomic mass is 10.2. The zero-order valence-corrected chi connectivity index (χ0v) is 10.2. The molecule has 2 nitrogen and oxygen atoms in total. The van der Waals surface area contributed by atoms with E-state index in [2.05, 4.69) is 9.97 Å². The van der Waals surface area contributed by atoms with Gasteiger partial charge in [0.2, 0.25) is 0 Å². The molecule has 0 unspecified atom stereocenters. The summed E-state index contributed by atoms with van der Waals surface area (Å²) in [5.74, 6) is -1.75. The molecule has 1 aromatic heterocycles. The minimum atomic E-state index is -0.973. The molecule has 0 spiro atoms. The van der Waals surface area contributed by atoms with Crippen LogP contribution in [0.15, 0.2) is 18.2 Å². The second kappa shape index (κ2) is 4.55. The maximum Gasteiger partial charge on any atom is 0.162 e. The van der Waals surface area contributed by atoms with Crippen molar-refractivity contribution in [3.8, 4) is 11.4 Å². The van der Waals surface area contributed by atoms with Crippen LogP contribution in [0.25, 0.3) is 11.4 Å². The Morgan fingerprint density at radius 1 is 1.00 bits per heavy atom. The average molecular weight is 275 g/mol. The normalized spacial score (nSPS) is 10.6. The fourth-order valence-electron chi connectivity index (χ4n) is 1.23. The quantitative estimate of drug-likeness (QED) is 0.734. The Morgan fingerprint density at radius 2 is 1.59 bits per heavy atom. The highest BCUT2D eigenvalue weighted by Crippen LogP contribution is 2.25. The predicted molar refractivity (Wildman–Crippen MR) is 62.1 cm³/mol. The van der Waals surface area contributed by atoms with Gasteiger partial charge in [0, 0.05) is 11.1 Å². The van der Waals surface area contributed by atoms with Crippen molar-refractivity contribution in [3.05, 3.63) is 45.7 Å². The fourth-order valence-corrected chi connectivity index (χ4v) is 1.62. The number of hydrogen-bond acceptors (Lipinski definition) is 2. The molecule has 0 saturated heterocycles. The molecule has 0 atom stereocenters. The van der Waals surface area contributed by atoms with E-state index in [-0.39, 0.29) is 16.1 Å². The number of aromatic nitrogens is 2. The first-order valence-electron chi connectivity index (χ1n) is 4.64. The molecule has 0 aliphatic rings. The molecule has 0 saturated carbocycles. The smallest absolute Gasteiger partial charge is 0.162 e. The lowest BCUT2D eigenvalue weighted by Gasteiger charge is -2.05. The predicted octanol–water partition coefficient (Wildman–Crippen LogP) is 4.04. The third kappa shape index (κ3) is 2.37.